The van der Waals surface area contributed by atoms with Crippen LogP contribution in [0.25, 0.3) is 0 Å². The van der Waals surface area contributed by atoms with Gasteiger partial charge in [0.05, 0.1) is 5.69 Å². The molecular weight excluding hydrogens is 266 g/mol. The van der Waals surface area contributed by atoms with Crippen molar-refractivity contribution in [3.8, 4) is 0 Å². The Kier molecular flexibility index (Phi) is 4.03. The molecule has 1 heterocycles. The van der Waals surface area contributed by atoms with Crippen LogP contribution >= 0.6 is 11.3 Å². The monoisotopic (exact) mass is 287 g/mol. The molecule has 1 fully saturated rings. The van der Waals surface area contributed by atoms with E-state index in [1.807, 2.05) is 11.3 Å². The van der Waals surface area contributed by atoms with Crippen LogP contribution in [-0.4, -0.2) is 17.6 Å². The molecule has 20 heavy (non-hydrogen) atoms. The molecule has 1 aromatic heterocycles. The fraction of sp³-hybridized carbons (Fsp3) is 0.438. The van der Waals surface area contributed by atoms with Crippen LogP contribution in [0.1, 0.15) is 30.3 Å². The van der Waals surface area contributed by atoms with Crippen LogP contribution in [0.15, 0.2) is 30.3 Å². The smallest absolute Gasteiger partial charge is 0.190 e. The van der Waals surface area contributed by atoms with Crippen molar-refractivity contribution in [3.63, 3.8) is 0 Å². The van der Waals surface area contributed by atoms with E-state index in [1.54, 1.807) is 0 Å². The molecule has 0 aliphatic heterocycles. The third kappa shape index (κ3) is 3.02. The van der Waals surface area contributed by atoms with Crippen molar-refractivity contribution in [2.24, 2.45) is 0 Å². The number of anilines is 2. The van der Waals surface area contributed by atoms with Gasteiger partial charge < -0.3 is 10.2 Å². The van der Waals surface area contributed by atoms with Crippen LogP contribution in [0, 0.1) is 6.92 Å². The number of benzene rings is 1. The Hall–Kier alpha value is -1.39. The fourth-order valence-corrected chi connectivity index (χ4v) is 3.35. The van der Waals surface area contributed by atoms with Crippen LogP contribution < -0.4 is 10.2 Å². The van der Waals surface area contributed by atoms with Gasteiger partial charge in [-0.2, -0.15) is 0 Å². The first-order valence-electron chi connectivity index (χ1n) is 7.30. The summed E-state index contributed by atoms with van der Waals surface area (Å²) in [6.07, 6.45) is 2.66. The summed E-state index contributed by atoms with van der Waals surface area (Å²) in [4.78, 5) is 8.40. The number of rotatable bonds is 6. The van der Waals surface area contributed by atoms with E-state index in [1.165, 1.54) is 23.4 Å². The zero-order valence-corrected chi connectivity index (χ0v) is 12.9. The van der Waals surface area contributed by atoms with E-state index in [0.29, 0.717) is 0 Å². The maximum Gasteiger partial charge on any atom is 0.190 e. The second kappa shape index (κ2) is 5.94. The molecule has 0 radical (unpaired) electrons. The molecular formula is C16H21N3S. The second-order valence-electron chi connectivity index (χ2n) is 5.24. The number of thiazole rings is 1. The lowest BCUT2D eigenvalue weighted by molar-refractivity contribution is 0.691. The normalized spacial score (nSPS) is 14.5. The van der Waals surface area contributed by atoms with E-state index in [-0.39, 0.29) is 0 Å². The zero-order chi connectivity index (χ0) is 13.9. The Labute approximate surface area is 124 Å². The van der Waals surface area contributed by atoms with E-state index in [2.05, 4.69) is 54.4 Å². The number of hydrogen-bond acceptors (Lipinski definition) is 4. The first kappa shape index (κ1) is 13.6. The van der Waals surface area contributed by atoms with Gasteiger partial charge in [0.2, 0.25) is 0 Å². The van der Waals surface area contributed by atoms with E-state index in [4.69, 9.17) is 4.98 Å². The minimum atomic E-state index is 0.747. The zero-order valence-electron chi connectivity index (χ0n) is 12.1. The topological polar surface area (TPSA) is 28.2 Å². The van der Waals surface area contributed by atoms with Gasteiger partial charge in [-0.3, -0.25) is 0 Å². The minimum absolute atomic E-state index is 0.747. The number of nitrogens with zero attached hydrogens (tertiary/aromatic N) is 2. The summed E-state index contributed by atoms with van der Waals surface area (Å²) in [5.41, 5.74) is 2.37. The first-order chi connectivity index (χ1) is 9.78. The fourth-order valence-electron chi connectivity index (χ4n) is 2.25. The summed E-state index contributed by atoms with van der Waals surface area (Å²) < 4.78 is 0. The van der Waals surface area contributed by atoms with Gasteiger partial charge in [-0.1, -0.05) is 29.5 Å². The Bertz CT molecular complexity index is 560. The third-order valence-electron chi connectivity index (χ3n) is 3.63. The van der Waals surface area contributed by atoms with Crippen LogP contribution in [-0.2, 0) is 6.54 Å². The largest absolute Gasteiger partial charge is 0.318 e. The molecule has 106 valence electrons. The summed E-state index contributed by atoms with van der Waals surface area (Å²) in [6, 6.07) is 11.2. The Morgan fingerprint density at radius 2 is 2.05 bits per heavy atom. The molecule has 4 heteroatoms. The molecule has 0 amide bonds. The van der Waals surface area contributed by atoms with Gasteiger partial charge in [0.25, 0.3) is 0 Å². The highest BCUT2D eigenvalue weighted by Gasteiger charge is 2.21. The molecule has 1 N–H and O–H groups in total. The molecule has 0 spiro atoms. The molecule has 3 rings (SSSR count). The van der Waals surface area contributed by atoms with Gasteiger partial charge in [-0.15, -0.1) is 0 Å². The van der Waals surface area contributed by atoms with Gasteiger partial charge in [-0.05, 0) is 38.8 Å². The number of aromatic nitrogens is 1. The molecule has 0 bridgehead atoms. The summed E-state index contributed by atoms with van der Waals surface area (Å²) in [5.74, 6) is 0. The van der Waals surface area contributed by atoms with Crippen molar-refractivity contribution in [1.82, 2.24) is 10.3 Å². The molecule has 0 unspecified atom stereocenters. The summed E-state index contributed by atoms with van der Waals surface area (Å²) in [5, 5.41) is 4.68. The summed E-state index contributed by atoms with van der Waals surface area (Å²) >= 11 is 1.81. The highest BCUT2D eigenvalue weighted by molar-refractivity contribution is 7.15. The van der Waals surface area contributed by atoms with Crippen molar-refractivity contribution < 1.29 is 0 Å². The van der Waals surface area contributed by atoms with E-state index < -0.39 is 0 Å². The average molecular weight is 287 g/mol. The Morgan fingerprint density at radius 1 is 1.30 bits per heavy atom. The molecule has 2 aromatic rings. The Balaban J connectivity index is 1.79. The van der Waals surface area contributed by atoms with Crippen LogP contribution in [0.5, 0.6) is 0 Å². The van der Waals surface area contributed by atoms with Crippen molar-refractivity contribution >= 4 is 22.2 Å². The lowest BCUT2D eigenvalue weighted by atomic mass is 10.3. The van der Waals surface area contributed by atoms with Gasteiger partial charge in [0.15, 0.2) is 5.13 Å². The number of nitrogens with one attached hydrogen (secondary N) is 1. The van der Waals surface area contributed by atoms with E-state index >= 15 is 0 Å². The van der Waals surface area contributed by atoms with Gasteiger partial charge in [-0.25, -0.2) is 4.98 Å². The van der Waals surface area contributed by atoms with E-state index in [9.17, 15) is 0 Å². The van der Waals surface area contributed by atoms with Crippen LogP contribution in [0.3, 0.4) is 0 Å². The molecule has 1 aliphatic carbocycles. The van der Waals surface area contributed by atoms with Crippen LogP contribution in [0.4, 0.5) is 10.8 Å². The standard InChI is InChI=1S/C16H21N3S/c1-3-19(14-7-5-4-6-8-14)16-18-12(2)15(20-16)11-17-13-9-10-13/h4-8,13,17H,3,9-11H2,1-2H3. The SMILES string of the molecule is CCN(c1ccccc1)c1nc(C)c(CNC2CC2)s1. The lowest BCUT2D eigenvalue weighted by Gasteiger charge is -2.19. The lowest BCUT2D eigenvalue weighted by Crippen LogP contribution is -2.15. The number of aryl methyl sites for hydroxylation is 1. The van der Waals surface area contributed by atoms with Gasteiger partial charge >= 0.3 is 0 Å². The number of para-hydroxylation sites is 1. The highest BCUT2D eigenvalue weighted by Crippen LogP contribution is 2.31. The molecule has 1 aromatic carbocycles. The predicted molar refractivity (Wildman–Crippen MR) is 85.8 cm³/mol. The number of hydrogen-bond donors (Lipinski definition) is 1. The summed E-state index contributed by atoms with van der Waals surface area (Å²) in [6.45, 7) is 6.18. The molecule has 0 atom stereocenters. The molecule has 1 aliphatic rings. The Morgan fingerprint density at radius 3 is 2.70 bits per heavy atom. The maximum absolute atomic E-state index is 4.76. The second-order valence-corrected chi connectivity index (χ2v) is 6.30. The predicted octanol–water partition coefficient (Wildman–Crippen LogP) is 3.86. The van der Waals surface area contributed by atoms with Gasteiger partial charge in [0.1, 0.15) is 0 Å². The van der Waals surface area contributed by atoms with Gasteiger partial charge in [0, 0.05) is 29.7 Å². The molecule has 1 saturated carbocycles. The van der Waals surface area contributed by atoms with E-state index in [0.717, 1.165) is 30.0 Å². The molecule has 0 saturated heterocycles. The molecule has 3 nitrogen and oxygen atoms in total. The third-order valence-corrected chi connectivity index (χ3v) is 4.81. The maximum atomic E-state index is 4.76. The minimum Gasteiger partial charge on any atom is -0.318 e. The average Bonchev–Trinajstić information content (AvgIpc) is 3.23. The van der Waals surface area contributed by atoms with Crippen LogP contribution in [0.2, 0.25) is 0 Å². The van der Waals surface area contributed by atoms with Crippen molar-refractivity contribution in [1.29, 1.82) is 0 Å². The van der Waals surface area contributed by atoms with Crippen molar-refractivity contribution in [3.05, 3.63) is 40.9 Å². The van der Waals surface area contributed by atoms with Crippen molar-refractivity contribution in [2.75, 3.05) is 11.4 Å². The highest BCUT2D eigenvalue weighted by atomic mass is 32.1. The quantitative estimate of drug-likeness (QED) is 0.874. The van der Waals surface area contributed by atoms with Crippen molar-refractivity contribution in [2.45, 2.75) is 39.3 Å². The first-order valence-corrected chi connectivity index (χ1v) is 8.12. The summed E-state index contributed by atoms with van der Waals surface area (Å²) in [7, 11) is 0.